The number of nitrogens with zero attached hydrogens (tertiary/aromatic N) is 1. The Morgan fingerprint density at radius 1 is 1.41 bits per heavy atom. The van der Waals surface area contributed by atoms with Gasteiger partial charge in [0.2, 0.25) is 5.88 Å². The Bertz CT molecular complexity index is 354. The SMILES string of the molecule is COc1cccc(CNCC2CCC(C)C2)n1. The lowest BCUT2D eigenvalue weighted by atomic mass is 10.1. The van der Waals surface area contributed by atoms with Gasteiger partial charge in [-0.3, -0.25) is 0 Å². The molecule has 1 saturated carbocycles. The van der Waals surface area contributed by atoms with Crippen LogP contribution >= 0.6 is 0 Å². The molecule has 0 amide bonds. The van der Waals surface area contributed by atoms with E-state index in [1.807, 2.05) is 18.2 Å². The second-order valence-electron chi connectivity index (χ2n) is 5.09. The lowest BCUT2D eigenvalue weighted by Gasteiger charge is -2.11. The minimum Gasteiger partial charge on any atom is -0.481 e. The van der Waals surface area contributed by atoms with Gasteiger partial charge in [-0.25, -0.2) is 4.98 Å². The number of aromatic nitrogens is 1. The molecule has 2 unspecified atom stereocenters. The number of pyridine rings is 1. The normalized spacial score (nSPS) is 23.9. The van der Waals surface area contributed by atoms with E-state index in [4.69, 9.17) is 4.74 Å². The minimum absolute atomic E-state index is 0.693. The van der Waals surface area contributed by atoms with E-state index >= 15 is 0 Å². The van der Waals surface area contributed by atoms with Crippen molar-refractivity contribution >= 4 is 0 Å². The largest absolute Gasteiger partial charge is 0.481 e. The lowest BCUT2D eigenvalue weighted by molar-refractivity contribution is 0.395. The summed E-state index contributed by atoms with van der Waals surface area (Å²) in [5.74, 6) is 2.46. The molecule has 17 heavy (non-hydrogen) atoms. The molecule has 3 heteroatoms. The van der Waals surface area contributed by atoms with Gasteiger partial charge in [0.05, 0.1) is 12.8 Å². The predicted molar refractivity (Wildman–Crippen MR) is 69.0 cm³/mol. The molecule has 1 N–H and O–H groups in total. The van der Waals surface area contributed by atoms with E-state index in [0.717, 1.165) is 30.6 Å². The van der Waals surface area contributed by atoms with Crippen LogP contribution in [0.5, 0.6) is 5.88 Å². The molecule has 1 aromatic heterocycles. The second kappa shape index (κ2) is 6.01. The zero-order valence-electron chi connectivity index (χ0n) is 10.8. The molecule has 1 aromatic rings. The van der Waals surface area contributed by atoms with Gasteiger partial charge in [0.25, 0.3) is 0 Å². The van der Waals surface area contributed by atoms with Crippen molar-refractivity contribution in [2.45, 2.75) is 32.7 Å². The standard InChI is InChI=1S/C14H22N2O/c1-11-6-7-12(8-11)9-15-10-13-4-3-5-14(16-13)17-2/h3-5,11-12,15H,6-10H2,1-2H3. The van der Waals surface area contributed by atoms with Gasteiger partial charge in [-0.05, 0) is 37.3 Å². The van der Waals surface area contributed by atoms with Crippen LogP contribution in [-0.2, 0) is 6.54 Å². The lowest BCUT2D eigenvalue weighted by Crippen LogP contribution is -2.21. The Kier molecular flexibility index (Phi) is 4.37. The van der Waals surface area contributed by atoms with E-state index in [0.29, 0.717) is 5.88 Å². The van der Waals surface area contributed by atoms with Crippen LogP contribution in [0.4, 0.5) is 0 Å². The maximum atomic E-state index is 5.11. The Morgan fingerprint density at radius 2 is 2.29 bits per heavy atom. The summed E-state index contributed by atoms with van der Waals surface area (Å²) in [6.45, 7) is 4.30. The van der Waals surface area contributed by atoms with Crippen molar-refractivity contribution in [1.82, 2.24) is 10.3 Å². The van der Waals surface area contributed by atoms with Crippen LogP contribution in [0.25, 0.3) is 0 Å². The summed E-state index contributed by atoms with van der Waals surface area (Å²) in [5.41, 5.74) is 1.05. The molecular weight excluding hydrogens is 212 g/mol. The number of hydrogen-bond acceptors (Lipinski definition) is 3. The molecule has 2 atom stereocenters. The third-order valence-corrected chi connectivity index (χ3v) is 3.53. The number of rotatable bonds is 5. The highest BCUT2D eigenvalue weighted by Crippen LogP contribution is 2.29. The van der Waals surface area contributed by atoms with Gasteiger partial charge in [0.15, 0.2) is 0 Å². The first-order valence-corrected chi connectivity index (χ1v) is 6.48. The molecule has 1 heterocycles. The molecule has 94 valence electrons. The van der Waals surface area contributed by atoms with Crippen LogP contribution in [0, 0.1) is 11.8 Å². The van der Waals surface area contributed by atoms with E-state index in [9.17, 15) is 0 Å². The quantitative estimate of drug-likeness (QED) is 0.850. The predicted octanol–water partition coefficient (Wildman–Crippen LogP) is 2.62. The highest BCUT2D eigenvalue weighted by molar-refractivity contribution is 5.15. The number of hydrogen-bond donors (Lipinski definition) is 1. The maximum absolute atomic E-state index is 5.11. The zero-order valence-corrected chi connectivity index (χ0v) is 10.8. The Balaban J connectivity index is 1.74. The summed E-state index contributed by atoms with van der Waals surface area (Å²) in [5, 5.41) is 3.50. The van der Waals surface area contributed by atoms with E-state index in [1.165, 1.54) is 19.3 Å². The molecular formula is C14H22N2O. The van der Waals surface area contributed by atoms with Gasteiger partial charge in [-0.1, -0.05) is 19.4 Å². The van der Waals surface area contributed by atoms with Gasteiger partial charge < -0.3 is 10.1 Å². The topological polar surface area (TPSA) is 34.1 Å². The van der Waals surface area contributed by atoms with Crippen molar-refractivity contribution in [2.75, 3.05) is 13.7 Å². The maximum Gasteiger partial charge on any atom is 0.213 e. The third-order valence-electron chi connectivity index (χ3n) is 3.53. The van der Waals surface area contributed by atoms with Crippen molar-refractivity contribution in [1.29, 1.82) is 0 Å². The molecule has 3 nitrogen and oxygen atoms in total. The van der Waals surface area contributed by atoms with Crippen LogP contribution in [-0.4, -0.2) is 18.6 Å². The fraction of sp³-hybridized carbons (Fsp3) is 0.643. The fourth-order valence-electron chi connectivity index (χ4n) is 2.58. The zero-order chi connectivity index (χ0) is 12.1. The molecule has 0 radical (unpaired) electrons. The van der Waals surface area contributed by atoms with Crippen molar-refractivity contribution in [2.24, 2.45) is 11.8 Å². The molecule has 0 aliphatic heterocycles. The molecule has 0 saturated heterocycles. The molecule has 1 fully saturated rings. The molecule has 1 aliphatic carbocycles. The monoisotopic (exact) mass is 234 g/mol. The summed E-state index contributed by atoms with van der Waals surface area (Å²) in [4.78, 5) is 4.39. The number of nitrogens with one attached hydrogen (secondary N) is 1. The fourth-order valence-corrected chi connectivity index (χ4v) is 2.58. The molecule has 1 aliphatic rings. The summed E-state index contributed by atoms with van der Waals surface area (Å²) < 4.78 is 5.11. The summed E-state index contributed by atoms with van der Waals surface area (Å²) >= 11 is 0. The summed E-state index contributed by atoms with van der Waals surface area (Å²) in [7, 11) is 1.65. The van der Waals surface area contributed by atoms with Gasteiger partial charge in [0, 0.05) is 12.6 Å². The molecule has 0 spiro atoms. The van der Waals surface area contributed by atoms with Crippen molar-refractivity contribution < 1.29 is 4.74 Å². The number of ether oxygens (including phenoxy) is 1. The Hall–Kier alpha value is -1.09. The summed E-state index contributed by atoms with van der Waals surface area (Å²) in [6.07, 6.45) is 4.14. The van der Waals surface area contributed by atoms with Gasteiger partial charge in [-0.2, -0.15) is 0 Å². The van der Waals surface area contributed by atoms with Crippen LogP contribution in [0.3, 0.4) is 0 Å². The third kappa shape index (κ3) is 3.70. The van der Waals surface area contributed by atoms with Crippen LogP contribution in [0.2, 0.25) is 0 Å². The van der Waals surface area contributed by atoms with Gasteiger partial charge >= 0.3 is 0 Å². The summed E-state index contributed by atoms with van der Waals surface area (Å²) in [6, 6.07) is 5.90. The molecule has 0 bridgehead atoms. The smallest absolute Gasteiger partial charge is 0.213 e. The van der Waals surface area contributed by atoms with Crippen molar-refractivity contribution in [3.8, 4) is 5.88 Å². The van der Waals surface area contributed by atoms with E-state index in [1.54, 1.807) is 7.11 Å². The highest BCUT2D eigenvalue weighted by atomic mass is 16.5. The molecule has 2 rings (SSSR count). The highest BCUT2D eigenvalue weighted by Gasteiger charge is 2.20. The number of methoxy groups -OCH3 is 1. The average Bonchev–Trinajstić information content (AvgIpc) is 2.75. The van der Waals surface area contributed by atoms with Gasteiger partial charge in [-0.15, -0.1) is 0 Å². The van der Waals surface area contributed by atoms with Crippen LogP contribution in [0.1, 0.15) is 31.9 Å². The van der Waals surface area contributed by atoms with Crippen molar-refractivity contribution in [3.63, 3.8) is 0 Å². The van der Waals surface area contributed by atoms with Crippen molar-refractivity contribution in [3.05, 3.63) is 23.9 Å². The first-order valence-electron chi connectivity index (χ1n) is 6.48. The Morgan fingerprint density at radius 3 is 3.00 bits per heavy atom. The van der Waals surface area contributed by atoms with Crippen LogP contribution in [0.15, 0.2) is 18.2 Å². The Labute approximate surface area is 104 Å². The minimum atomic E-state index is 0.693. The first-order chi connectivity index (χ1) is 8.28. The average molecular weight is 234 g/mol. The second-order valence-corrected chi connectivity index (χ2v) is 5.09. The van der Waals surface area contributed by atoms with E-state index in [2.05, 4.69) is 17.2 Å². The molecule has 0 aromatic carbocycles. The van der Waals surface area contributed by atoms with E-state index in [-0.39, 0.29) is 0 Å². The van der Waals surface area contributed by atoms with Crippen LogP contribution < -0.4 is 10.1 Å². The van der Waals surface area contributed by atoms with Gasteiger partial charge in [0.1, 0.15) is 0 Å². The van der Waals surface area contributed by atoms with E-state index < -0.39 is 0 Å². The first kappa shape index (κ1) is 12.4.